The predicted molar refractivity (Wildman–Crippen MR) is 413 cm³/mol. The van der Waals surface area contributed by atoms with Gasteiger partial charge in [-0.3, -0.25) is 33.6 Å². The number of aliphatic hydroxyl groups is 3. The second kappa shape index (κ2) is 32.6. The van der Waals surface area contributed by atoms with Gasteiger partial charge in [0.05, 0.1) is 36.1 Å². The van der Waals surface area contributed by atoms with E-state index in [4.69, 9.17) is 75.3 Å². The van der Waals surface area contributed by atoms with E-state index in [0.29, 0.717) is 0 Å². The van der Waals surface area contributed by atoms with Gasteiger partial charge in [0.15, 0.2) is 59.2 Å². The summed E-state index contributed by atoms with van der Waals surface area (Å²) in [5.41, 5.74) is -2.66. The van der Waals surface area contributed by atoms with Crippen LogP contribution in [0, 0.1) is 0 Å². The van der Waals surface area contributed by atoms with Gasteiger partial charge in [0.25, 0.3) is 0 Å². The van der Waals surface area contributed by atoms with Crippen LogP contribution in [0.4, 0.5) is 0 Å². The molecule has 7 amide bonds. The van der Waals surface area contributed by atoms with E-state index in [0.717, 1.165) is 78.3 Å². The second-order valence-electron chi connectivity index (χ2n) is 31.0. The Labute approximate surface area is 699 Å². The monoisotopic (exact) mass is 1720 g/mol. The lowest BCUT2D eigenvalue weighted by molar-refractivity contribution is -0.284. The Morgan fingerprint density at radius 3 is 1.90 bits per heavy atom. The molecule has 640 valence electrons. The molecule has 11 heterocycles. The van der Waals surface area contributed by atoms with Crippen LogP contribution < -0.4 is 51.4 Å². The van der Waals surface area contributed by atoms with Crippen LogP contribution in [-0.2, 0) is 89.3 Å². The number of hydrogen-bond acceptors (Lipinski definition) is 30. The number of carbonyl (C=O) groups excluding carboxylic acids is 7. The summed E-state index contributed by atoms with van der Waals surface area (Å²) in [7, 11) is 0. The molecular weight excluding hydrogens is 1650 g/mol. The van der Waals surface area contributed by atoms with E-state index in [9.17, 15) is 60.7 Å². The predicted octanol–water partition coefficient (Wildman–Crippen LogP) is 4.05. The number of carboxylic acids is 1. The topological polar surface area (TPSA) is 555 Å². The number of rotatable bonds is 10. The van der Waals surface area contributed by atoms with Gasteiger partial charge >= 0.3 is 5.97 Å². The molecule has 18 rings (SSSR count). The van der Waals surface area contributed by atoms with Gasteiger partial charge in [-0.05, 0) is 140 Å². The second-order valence-corrected chi connectivity index (χ2v) is 31.8. The largest absolute Gasteiger partial charge is 0.508 e. The maximum Gasteiger partial charge on any atom is 0.330 e. The summed E-state index contributed by atoms with van der Waals surface area (Å²) >= 11 is 14.3. The Kier molecular flexibility index (Phi) is 22.3. The lowest BCUT2D eigenvalue weighted by Gasteiger charge is -2.44. The number of fused-ring (bicyclic) bond motifs is 17. The number of nitrogens with one attached hydrogen (secondary N) is 7. The molecule has 17 bridgehead atoms. The molecule has 18 atom stereocenters. The SMILES string of the molecule is CC(=O)N[C@H]1[C@H](O[C@@H]2c3ccc(c(Cl)c3)Oc3cc4cc(c3O)Oc3ccc(cc3Cl)C[C@H]3NC(=O)[C@H](n5cc(COC[C@H]6O[C@@H]7OC(C)(C)O[C@@H]7[C@H]7OC(C)(C)O[C@H]76)nn5)c5ccc(O)c(c5)Oc5cc(O)cc(c5)[C@H](NC3=O)C(=O)N[C@H]4C(=O)N[C@H]3C(=O)N[C@@H]2C(=O)N[C@@H](C(=O)O)c2cc(O)cc(O)c2-c2cc3ccc2O)O[C@H](CO)[C@@H](O)[C@@H]1O. The van der Waals surface area contributed by atoms with Crippen LogP contribution in [0.25, 0.3) is 11.1 Å². The van der Waals surface area contributed by atoms with Crippen LogP contribution in [0.3, 0.4) is 0 Å². The standard InChI is InChI=1S/C81H78Cl2N10O29/c1-30(95)84-61-66(103)65(102)54(27-94)116-78(61)118-67-34-9-13-50(44(83)19-34)115-53-22-36-21-52(64(53)101)114-49-12-6-31(14-43(49)82)15-45-71(104)86-58(73(106)88-59(36)74(107)87-57-32-7-10-46(98)41(18-32)56-42(24-39(97)25-48(56)100)60(77(110)111)89-75(108)62(67)90-72(57)105)35-16-38(96)23-40(17-35)113-51-20-33(8-11-47(51)99)63(76(109)85-45)93-26-37(91-92-93)28-112-29-55-68-69(120-80(2,3)119-68)70-79(117-55)122-81(4,5)121-70/h6-14,16-26,45,54-55,57-63,65-70,78-79,94,96-103H,15,27-29H2,1-5H3,(H,84,95)(H,85,109)(H,86,104)(H,87,107)(H,88,106)(H,89,108)(H,90,105)(H,110,111)/t45-,54-,55-,57-,58+,59-,60-,61-,62+,63-,65-,66-,67-,68+,69+,70-,78+,79-/m1/s1. The first-order valence-electron chi connectivity index (χ1n) is 38.0. The number of aliphatic carboxylic acids is 1. The third kappa shape index (κ3) is 16.5. The lowest BCUT2D eigenvalue weighted by atomic mass is 9.89. The Morgan fingerprint density at radius 1 is 0.582 bits per heavy atom. The number of carbonyl (C=O) groups is 8. The van der Waals surface area contributed by atoms with Crippen LogP contribution >= 0.6 is 23.2 Å². The number of aromatic nitrogens is 3. The number of amides is 7. The van der Waals surface area contributed by atoms with Crippen LogP contribution in [0.1, 0.15) is 116 Å². The summed E-state index contributed by atoms with van der Waals surface area (Å²) < 4.78 is 70.1. The summed E-state index contributed by atoms with van der Waals surface area (Å²) in [5, 5.41) is 141. The molecule has 0 aliphatic carbocycles. The molecule has 0 spiro atoms. The molecule has 4 saturated heterocycles. The number of halogens is 2. The molecule has 0 radical (unpaired) electrons. The first-order chi connectivity index (χ1) is 58.0. The summed E-state index contributed by atoms with van der Waals surface area (Å²) in [5.74, 6) is -19.6. The molecule has 4 fully saturated rings. The maximum atomic E-state index is 16.4. The van der Waals surface area contributed by atoms with Crippen LogP contribution in [0.15, 0.2) is 121 Å². The van der Waals surface area contributed by atoms with Crippen LogP contribution in [0.5, 0.6) is 69.0 Å². The molecule has 8 aromatic rings. The zero-order valence-electron chi connectivity index (χ0n) is 64.6. The van der Waals surface area contributed by atoms with Crippen molar-refractivity contribution >= 4 is 70.5 Å². The summed E-state index contributed by atoms with van der Waals surface area (Å²) in [6, 6.07) is 4.57. The fraction of sp³-hybridized carbons (Fsp3) is 0.358. The highest BCUT2D eigenvalue weighted by Gasteiger charge is 2.61. The van der Waals surface area contributed by atoms with E-state index in [-0.39, 0.29) is 69.2 Å². The fourth-order valence-electron chi connectivity index (χ4n) is 15.9. The van der Waals surface area contributed by atoms with Gasteiger partial charge in [0, 0.05) is 42.2 Å². The van der Waals surface area contributed by atoms with Crippen molar-refractivity contribution in [3.8, 4) is 80.1 Å². The minimum absolute atomic E-state index is 0.0694. The molecule has 7 aromatic carbocycles. The first-order valence-corrected chi connectivity index (χ1v) is 38.8. The molecule has 17 N–H and O–H groups in total. The number of carboxylic acid groups (broad SMARTS) is 1. The highest BCUT2D eigenvalue weighted by atomic mass is 35.5. The average molecular weight is 1730 g/mol. The smallest absolute Gasteiger partial charge is 0.330 e. The Morgan fingerprint density at radius 2 is 1.20 bits per heavy atom. The van der Waals surface area contributed by atoms with Gasteiger partial charge in [-0.2, -0.15) is 0 Å². The first kappa shape index (κ1) is 83.4. The zero-order chi connectivity index (χ0) is 86.6. The molecule has 39 nitrogen and oxygen atoms in total. The van der Waals surface area contributed by atoms with E-state index in [1.165, 1.54) is 54.7 Å². The third-order valence-electron chi connectivity index (χ3n) is 21.5. The molecule has 10 aliphatic heterocycles. The number of aromatic hydroxyl groups is 6. The van der Waals surface area contributed by atoms with E-state index < -0.39 is 261 Å². The average Bonchev–Trinajstić information content (AvgIpc) is 1.58. The summed E-state index contributed by atoms with van der Waals surface area (Å²) in [6.07, 6.45) is -12.5. The van der Waals surface area contributed by atoms with Crippen molar-refractivity contribution < 1.29 is 142 Å². The quantitative estimate of drug-likeness (QED) is 0.0918. The lowest BCUT2D eigenvalue weighted by Crippen LogP contribution is -2.65. The number of hydrogen-bond donors (Lipinski definition) is 17. The van der Waals surface area contributed by atoms with Crippen LogP contribution in [-0.4, -0.2) is 212 Å². The maximum absolute atomic E-state index is 16.4. The zero-order valence-corrected chi connectivity index (χ0v) is 66.1. The number of ether oxygens (including phenoxy) is 11. The minimum atomic E-state index is -2.42. The number of benzene rings is 7. The van der Waals surface area contributed by atoms with Crippen molar-refractivity contribution in [2.75, 3.05) is 13.2 Å². The Bertz CT molecular complexity index is 5580. The van der Waals surface area contributed by atoms with E-state index in [1.54, 1.807) is 27.7 Å². The normalized spacial score (nSPS) is 28.3. The van der Waals surface area contributed by atoms with E-state index in [1.807, 2.05) is 0 Å². The molecular formula is C81H78Cl2N10O29. The van der Waals surface area contributed by atoms with Crippen molar-refractivity contribution in [1.82, 2.24) is 52.2 Å². The highest BCUT2D eigenvalue weighted by Crippen LogP contribution is 2.50. The molecule has 1 aromatic heterocycles. The summed E-state index contributed by atoms with van der Waals surface area (Å²) in [4.78, 5) is 123. The number of phenolic OH excluding ortho intramolecular Hbond substituents is 6. The Balaban J connectivity index is 0.817. The van der Waals surface area contributed by atoms with Gasteiger partial charge in [-0.1, -0.05) is 52.7 Å². The molecule has 0 saturated carbocycles. The molecule has 41 heteroatoms. The molecule has 122 heavy (non-hydrogen) atoms. The van der Waals surface area contributed by atoms with Crippen molar-refractivity contribution in [3.05, 3.63) is 176 Å². The number of aliphatic hydroxyl groups excluding tert-OH is 3. The number of nitrogens with zero attached hydrogens (tertiary/aromatic N) is 3. The fourth-order valence-corrected chi connectivity index (χ4v) is 16.4. The highest BCUT2D eigenvalue weighted by molar-refractivity contribution is 6.32. The van der Waals surface area contributed by atoms with Crippen molar-refractivity contribution in [2.45, 2.75) is 169 Å². The van der Waals surface area contributed by atoms with Crippen molar-refractivity contribution in [1.29, 1.82) is 0 Å². The molecule has 0 unspecified atom stereocenters. The minimum Gasteiger partial charge on any atom is -0.508 e. The van der Waals surface area contributed by atoms with Gasteiger partial charge in [-0.15, -0.1) is 5.10 Å². The molecule has 10 aliphatic rings. The van der Waals surface area contributed by atoms with Crippen LogP contribution in [0.2, 0.25) is 10.0 Å². The third-order valence-corrected chi connectivity index (χ3v) is 22.1. The van der Waals surface area contributed by atoms with E-state index in [2.05, 4.69) is 47.5 Å². The van der Waals surface area contributed by atoms with Gasteiger partial charge in [0.2, 0.25) is 47.1 Å². The van der Waals surface area contributed by atoms with Crippen molar-refractivity contribution in [2.24, 2.45) is 0 Å². The van der Waals surface area contributed by atoms with Crippen molar-refractivity contribution in [3.63, 3.8) is 0 Å². The van der Waals surface area contributed by atoms with Gasteiger partial charge in [0.1, 0.15) is 131 Å². The van der Waals surface area contributed by atoms with Gasteiger partial charge in [-0.25, -0.2) is 9.48 Å². The Hall–Kier alpha value is -12.2. The summed E-state index contributed by atoms with van der Waals surface area (Å²) in [6.45, 7) is 6.69. The van der Waals surface area contributed by atoms with E-state index >= 15 is 28.8 Å². The van der Waals surface area contributed by atoms with Gasteiger partial charge < -0.3 is 140 Å². The number of phenols is 6.